The zero-order valence-electron chi connectivity index (χ0n) is 11.0. The van der Waals surface area contributed by atoms with Gasteiger partial charge in [0.15, 0.2) is 0 Å². The van der Waals surface area contributed by atoms with Gasteiger partial charge in [-0.25, -0.2) is 0 Å². The molecule has 0 bridgehead atoms. The number of piperidine rings is 1. The van der Waals surface area contributed by atoms with E-state index in [0.29, 0.717) is 12.3 Å². The number of nitrogens with two attached hydrogens (primary N) is 1. The van der Waals surface area contributed by atoms with Crippen LogP contribution in [-0.4, -0.2) is 29.9 Å². The number of hydrogen-bond donors (Lipinski definition) is 1. The van der Waals surface area contributed by atoms with Crippen LogP contribution in [0, 0.1) is 5.92 Å². The van der Waals surface area contributed by atoms with E-state index < -0.39 is 0 Å². The molecule has 0 saturated carbocycles. The Hall–Kier alpha value is -0.870. The molecule has 18 heavy (non-hydrogen) atoms. The van der Waals surface area contributed by atoms with E-state index in [-0.39, 0.29) is 11.9 Å². The largest absolute Gasteiger partial charge is 0.341 e. The van der Waals surface area contributed by atoms with Gasteiger partial charge >= 0.3 is 0 Å². The van der Waals surface area contributed by atoms with Crippen LogP contribution in [0.15, 0.2) is 17.5 Å². The standard InChI is InChI=1S/C14H22N2OS/c1-2-4-14(17)16-9-11(7-12(15)10-16)8-13-5-3-6-18-13/h3,5-6,11-12H,2,4,7-10,15H2,1H3. The van der Waals surface area contributed by atoms with E-state index in [1.54, 1.807) is 11.3 Å². The van der Waals surface area contributed by atoms with Crippen molar-refractivity contribution in [1.29, 1.82) is 0 Å². The highest BCUT2D eigenvalue weighted by molar-refractivity contribution is 7.09. The van der Waals surface area contributed by atoms with Gasteiger partial charge in [0.25, 0.3) is 0 Å². The van der Waals surface area contributed by atoms with Gasteiger partial charge < -0.3 is 10.6 Å². The molecule has 0 aliphatic carbocycles. The van der Waals surface area contributed by atoms with Crippen molar-refractivity contribution in [3.05, 3.63) is 22.4 Å². The van der Waals surface area contributed by atoms with Crippen molar-refractivity contribution in [2.24, 2.45) is 11.7 Å². The minimum Gasteiger partial charge on any atom is -0.341 e. The van der Waals surface area contributed by atoms with Crippen molar-refractivity contribution in [1.82, 2.24) is 4.90 Å². The number of likely N-dealkylation sites (tertiary alicyclic amines) is 1. The fourth-order valence-corrected chi connectivity index (χ4v) is 3.50. The SMILES string of the molecule is CCCC(=O)N1CC(N)CC(Cc2cccs2)C1. The molecule has 1 fully saturated rings. The second-order valence-corrected chi connectivity index (χ2v) is 6.23. The average molecular weight is 266 g/mol. The van der Waals surface area contributed by atoms with E-state index in [2.05, 4.69) is 17.5 Å². The van der Waals surface area contributed by atoms with Gasteiger partial charge in [-0.15, -0.1) is 11.3 Å². The molecule has 4 heteroatoms. The zero-order valence-corrected chi connectivity index (χ0v) is 11.8. The topological polar surface area (TPSA) is 46.3 Å². The molecule has 2 unspecified atom stereocenters. The average Bonchev–Trinajstić information content (AvgIpc) is 2.81. The van der Waals surface area contributed by atoms with Crippen LogP contribution in [0.25, 0.3) is 0 Å². The predicted octanol–water partition coefficient (Wildman–Crippen LogP) is 2.27. The summed E-state index contributed by atoms with van der Waals surface area (Å²) in [5.41, 5.74) is 6.09. The summed E-state index contributed by atoms with van der Waals surface area (Å²) in [6, 6.07) is 4.40. The van der Waals surface area contributed by atoms with Gasteiger partial charge in [0.1, 0.15) is 0 Å². The molecule has 1 saturated heterocycles. The molecule has 1 aliphatic rings. The Morgan fingerprint density at radius 2 is 2.39 bits per heavy atom. The van der Waals surface area contributed by atoms with E-state index in [1.807, 2.05) is 11.8 Å². The number of carbonyl (C=O) groups excluding carboxylic acids is 1. The smallest absolute Gasteiger partial charge is 0.222 e. The second-order valence-electron chi connectivity index (χ2n) is 5.19. The van der Waals surface area contributed by atoms with Gasteiger partial charge in [0.05, 0.1) is 0 Å². The van der Waals surface area contributed by atoms with Crippen molar-refractivity contribution in [2.75, 3.05) is 13.1 Å². The number of thiophene rings is 1. The summed E-state index contributed by atoms with van der Waals surface area (Å²) < 4.78 is 0. The Bertz CT molecular complexity index is 377. The normalized spacial score (nSPS) is 24.2. The lowest BCUT2D eigenvalue weighted by Gasteiger charge is -2.36. The van der Waals surface area contributed by atoms with Crippen molar-refractivity contribution >= 4 is 17.2 Å². The van der Waals surface area contributed by atoms with Crippen LogP contribution in [-0.2, 0) is 11.2 Å². The highest BCUT2D eigenvalue weighted by atomic mass is 32.1. The highest BCUT2D eigenvalue weighted by Crippen LogP contribution is 2.23. The summed E-state index contributed by atoms with van der Waals surface area (Å²) in [4.78, 5) is 15.3. The third kappa shape index (κ3) is 3.56. The predicted molar refractivity (Wildman–Crippen MR) is 75.6 cm³/mol. The minimum absolute atomic E-state index is 0.143. The molecular formula is C14H22N2OS. The lowest BCUT2D eigenvalue weighted by atomic mass is 9.91. The lowest BCUT2D eigenvalue weighted by molar-refractivity contribution is -0.133. The van der Waals surface area contributed by atoms with E-state index in [1.165, 1.54) is 4.88 Å². The first-order valence-corrected chi connectivity index (χ1v) is 7.62. The molecule has 1 aromatic heterocycles. The fraction of sp³-hybridized carbons (Fsp3) is 0.643. The molecule has 1 aromatic rings. The summed E-state index contributed by atoms with van der Waals surface area (Å²) in [7, 11) is 0. The molecule has 1 amide bonds. The maximum Gasteiger partial charge on any atom is 0.222 e. The number of hydrogen-bond acceptors (Lipinski definition) is 3. The third-order valence-electron chi connectivity index (χ3n) is 3.46. The van der Waals surface area contributed by atoms with Crippen molar-refractivity contribution < 1.29 is 4.79 Å². The summed E-state index contributed by atoms with van der Waals surface area (Å²) in [5.74, 6) is 0.789. The first-order valence-electron chi connectivity index (χ1n) is 6.74. The molecule has 1 aliphatic heterocycles. The number of carbonyl (C=O) groups is 1. The highest BCUT2D eigenvalue weighted by Gasteiger charge is 2.27. The lowest BCUT2D eigenvalue weighted by Crippen LogP contribution is -2.49. The fourth-order valence-electron chi connectivity index (χ4n) is 2.68. The first-order chi connectivity index (χ1) is 8.69. The van der Waals surface area contributed by atoms with Crippen LogP contribution < -0.4 is 5.73 Å². The Balaban J connectivity index is 1.93. The monoisotopic (exact) mass is 266 g/mol. The maximum absolute atomic E-state index is 12.0. The molecule has 2 heterocycles. The quantitative estimate of drug-likeness (QED) is 0.908. The van der Waals surface area contributed by atoms with Crippen LogP contribution in [0.1, 0.15) is 31.1 Å². The van der Waals surface area contributed by atoms with Crippen LogP contribution in [0.5, 0.6) is 0 Å². The number of amides is 1. The van der Waals surface area contributed by atoms with Gasteiger partial charge in [-0.05, 0) is 36.6 Å². The van der Waals surface area contributed by atoms with E-state index in [0.717, 1.165) is 32.4 Å². The molecule has 2 atom stereocenters. The van der Waals surface area contributed by atoms with Crippen molar-refractivity contribution in [3.8, 4) is 0 Å². The van der Waals surface area contributed by atoms with Crippen molar-refractivity contribution in [2.45, 2.75) is 38.6 Å². The third-order valence-corrected chi connectivity index (χ3v) is 4.35. The summed E-state index contributed by atoms with van der Waals surface area (Å²) in [6.07, 6.45) is 3.66. The Morgan fingerprint density at radius 3 is 3.06 bits per heavy atom. The van der Waals surface area contributed by atoms with Crippen LogP contribution in [0.2, 0.25) is 0 Å². The Labute approximate surface area is 113 Å². The molecule has 0 radical (unpaired) electrons. The maximum atomic E-state index is 12.0. The molecule has 2 rings (SSSR count). The van der Waals surface area contributed by atoms with Gasteiger partial charge in [-0.3, -0.25) is 4.79 Å². The molecule has 0 aromatic carbocycles. The molecule has 3 nitrogen and oxygen atoms in total. The van der Waals surface area contributed by atoms with Gasteiger partial charge in [0, 0.05) is 30.4 Å². The first kappa shape index (κ1) is 13.6. The summed E-state index contributed by atoms with van der Waals surface area (Å²) >= 11 is 1.79. The van der Waals surface area contributed by atoms with Gasteiger partial charge in [-0.1, -0.05) is 13.0 Å². The molecule has 100 valence electrons. The molecule has 0 spiro atoms. The Morgan fingerprint density at radius 1 is 1.56 bits per heavy atom. The zero-order chi connectivity index (χ0) is 13.0. The summed E-state index contributed by atoms with van der Waals surface area (Å²) in [5, 5.41) is 2.11. The van der Waals surface area contributed by atoms with Gasteiger partial charge in [-0.2, -0.15) is 0 Å². The summed E-state index contributed by atoms with van der Waals surface area (Å²) in [6.45, 7) is 3.66. The second kappa shape index (κ2) is 6.34. The minimum atomic E-state index is 0.143. The van der Waals surface area contributed by atoms with Crippen molar-refractivity contribution in [3.63, 3.8) is 0 Å². The van der Waals surface area contributed by atoms with Crippen LogP contribution in [0.3, 0.4) is 0 Å². The van der Waals surface area contributed by atoms with E-state index in [4.69, 9.17) is 5.73 Å². The van der Waals surface area contributed by atoms with E-state index in [9.17, 15) is 4.79 Å². The molecule has 2 N–H and O–H groups in total. The van der Waals surface area contributed by atoms with E-state index >= 15 is 0 Å². The van der Waals surface area contributed by atoms with Gasteiger partial charge in [0.2, 0.25) is 5.91 Å². The number of rotatable bonds is 4. The Kier molecular flexibility index (Phi) is 4.78. The number of nitrogens with zero attached hydrogens (tertiary/aromatic N) is 1. The molecular weight excluding hydrogens is 244 g/mol. The van der Waals surface area contributed by atoms with Crippen LogP contribution >= 0.6 is 11.3 Å². The van der Waals surface area contributed by atoms with Crippen LogP contribution in [0.4, 0.5) is 0 Å².